The van der Waals surface area contributed by atoms with Gasteiger partial charge in [-0.15, -0.1) is 11.3 Å². The van der Waals surface area contributed by atoms with Crippen molar-refractivity contribution in [3.05, 3.63) is 111 Å². The Bertz CT molecular complexity index is 1750. The molecule has 3 N–H and O–H groups in total. The molecule has 2 atom stereocenters. The van der Waals surface area contributed by atoms with Crippen molar-refractivity contribution in [3.63, 3.8) is 0 Å². The predicted octanol–water partition coefficient (Wildman–Crippen LogP) is 3.56. The molecule has 0 aliphatic rings. The number of ether oxygens (including phenoxy) is 1. The Kier molecular flexibility index (Phi) is 11.9. The highest BCUT2D eigenvalue weighted by Gasteiger charge is 2.25. The van der Waals surface area contributed by atoms with Gasteiger partial charge in [-0.25, -0.2) is 4.98 Å². The first kappa shape index (κ1) is 34.6. The fourth-order valence-corrected chi connectivity index (χ4v) is 6.01. The van der Waals surface area contributed by atoms with Crippen molar-refractivity contribution < 1.29 is 32.0 Å². The Morgan fingerprint density at radius 1 is 1.00 bits per heavy atom. The van der Waals surface area contributed by atoms with Crippen LogP contribution < -0.4 is 19.6 Å². The van der Waals surface area contributed by atoms with Crippen molar-refractivity contribution in [1.29, 1.82) is 0 Å². The van der Waals surface area contributed by atoms with Crippen molar-refractivity contribution in [2.24, 2.45) is 0 Å². The van der Waals surface area contributed by atoms with E-state index in [9.17, 15) is 23.1 Å². The molecular formula is C33H38N4O7S2. The summed E-state index contributed by atoms with van der Waals surface area (Å²) in [5, 5.41) is 20.0. The molecule has 0 bridgehead atoms. The number of aromatic nitrogens is 1. The first-order chi connectivity index (χ1) is 21.9. The minimum atomic E-state index is -3.96. The third-order valence-corrected chi connectivity index (χ3v) is 8.39. The van der Waals surface area contributed by atoms with E-state index in [1.54, 1.807) is 14.2 Å². The van der Waals surface area contributed by atoms with Crippen LogP contribution in [0.1, 0.15) is 42.5 Å². The lowest BCUT2D eigenvalue weighted by Crippen LogP contribution is -2.48. The quantitative estimate of drug-likeness (QED) is 0.162. The van der Waals surface area contributed by atoms with Crippen LogP contribution in [0.25, 0.3) is 0 Å². The number of aliphatic hydroxyl groups excluding tert-OH is 1. The number of carbonyl (C=O) groups excluding carboxylic acids is 2. The van der Waals surface area contributed by atoms with Gasteiger partial charge in [0.05, 0.1) is 32.1 Å². The zero-order chi connectivity index (χ0) is 33.3. The predicted molar refractivity (Wildman–Crippen MR) is 177 cm³/mol. The summed E-state index contributed by atoms with van der Waals surface area (Å²) in [6, 6.07) is 20.1. The van der Waals surface area contributed by atoms with Gasteiger partial charge in [-0.2, -0.15) is 8.42 Å². The summed E-state index contributed by atoms with van der Waals surface area (Å²) in [7, 11) is -0.779. The van der Waals surface area contributed by atoms with Gasteiger partial charge >= 0.3 is 10.1 Å². The molecule has 46 heavy (non-hydrogen) atoms. The van der Waals surface area contributed by atoms with Gasteiger partial charge in [0.2, 0.25) is 0 Å². The highest BCUT2D eigenvalue weighted by atomic mass is 32.2. The number of benzene rings is 3. The van der Waals surface area contributed by atoms with Crippen LogP contribution in [-0.2, 0) is 29.6 Å². The lowest BCUT2D eigenvalue weighted by Gasteiger charge is -2.25. The molecule has 0 unspecified atom stereocenters. The molecule has 0 aliphatic carbocycles. The number of thiazole rings is 1. The molecular weight excluding hydrogens is 629 g/mol. The molecule has 0 radical (unpaired) electrons. The number of nitrogens with one attached hydrogen (secondary N) is 2. The molecule has 0 fully saturated rings. The van der Waals surface area contributed by atoms with E-state index in [1.165, 1.54) is 34.4 Å². The van der Waals surface area contributed by atoms with Crippen LogP contribution in [-0.4, -0.2) is 74.3 Å². The van der Waals surface area contributed by atoms with Crippen LogP contribution in [0, 0.1) is 6.92 Å². The maximum atomic E-state index is 13.7. The number of aliphatic hydroxyl groups is 1. The Hall–Kier alpha value is -4.30. The molecule has 1 heterocycles. The lowest BCUT2D eigenvalue weighted by atomic mass is 10.00. The summed E-state index contributed by atoms with van der Waals surface area (Å²) in [5.74, 6) is -0.530. The summed E-state index contributed by atoms with van der Waals surface area (Å²) in [6.07, 6.45) is 0.193. The Morgan fingerprint density at radius 2 is 1.72 bits per heavy atom. The van der Waals surface area contributed by atoms with E-state index in [1.807, 2.05) is 66.9 Å². The topological polar surface area (TPSA) is 147 Å². The Labute approximate surface area is 273 Å². The maximum Gasteiger partial charge on any atom is 0.306 e. The number of amides is 2. The molecule has 2 amide bonds. The fraction of sp³-hybridized carbons (Fsp3) is 0.303. The van der Waals surface area contributed by atoms with Crippen LogP contribution in [0.3, 0.4) is 0 Å². The highest BCUT2D eigenvalue weighted by Crippen LogP contribution is 2.22. The SMILES string of the molecule is COc1cccc(CNC[C@@H](O)[C@H](Cc2ccccc2)NC(=O)c2cc(OS(C)(=O)=O)cc(C(=O)N(C)Cc3nc(C)cs3)c2)c1. The second-order valence-corrected chi connectivity index (χ2v) is 13.4. The molecule has 13 heteroatoms. The zero-order valence-electron chi connectivity index (χ0n) is 26.1. The first-order valence-electron chi connectivity index (χ1n) is 14.5. The maximum absolute atomic E-state index is 13.7. The van der Waals surface area contributed by atoms with Gasteiger partial charge in [-0.1, -0.05) is 42.5 Å². The molecule has 3 aromatic carbocycles. The second kappa shape index (κ2) is 15.8. The van der Waals surface area contributed by atoms with Crippen molar-refractivity contribution in [1.82, 2.24) is 20.5 Å². The third kappa shape index (κ3) is 10.4. The second-order valence-electron chi connectivity index (χ2n) is 10.9. The summed E-state index contributed by atoms with van der Waals surface area (Å²) in [6.45, 7) is 2.71. The molecule has 1 aromatic heterocycles. The average Bonchev–Trinajstić information content (AvgIpc) is 3.43. The Morgan fingerprint density at radius 3 is 2.39 bits per heavy atom. The van der Waals surface area contributed by atoms with E-state index in [0.717, 1.165) is 33.8 Å². The molecule has 4 rings (SSSR count). The van der Waals surface area contributed by atoms with E-state index < -0.39 is 34.1 Å². The Balaban J connectivity index is 1.55. The minimum Gasteiger partial charge on any atom is -0.497 e. The van der Waals surface area contributed by atoms with Crippen molar-refractivity contribution in [2.75, 3.05) is 27.0 Å². The van der Waals surface area contributed by atoms with Gasteiger partial charge in [0, 0.05) is 42.3 Å². The largest absolute Gasteiger partial charge is 0.497 e. The fourth-order valence-electron chi connectivity index (χ4n) is 4.74. The van der Waals surface area contributed by atoms with Gasteiger partial charge < -0.3 is 29.6 Å². The summed E-state index contributed by atoms with van der Waals surface area (Å²) in [4.78, 5) is 32.9. The number of hydrogen-bond donors (Lipinski definition) is 3. The number of methoxy groups -OCH3 is 1. The van der Waals surface area contributed by atoms with E-state index in [0.29, 0.717) is 13.0 Å². The summed E-state index contributed by atoms with van der Waals surface area (Å²) < 4.78 is 34.3. The number of carbonyl (C=O) groups is 2. The average molecular weight is 667 g/mol. The number of hydrogen-bond acceptors (Lipinski definition) is 10. The molecule has 11 nitrogen and oxygen atoms in total. The van der Waals surface area contributed by atoms with Crippen LogP contribution in [0.15, 0.2) is 78.2 Å². The van der Waals surface area contributed by atoms with E-state index >= 15 is 0 Å². The monoisotopic (exact) mass is 666 g/mol. The zero-order valence-corrected chi connectivity index (χ0v) is 27.7. The van der Waals surface area contributed by atoms with E-state index in [4.69, 9.17) is 8.92 Å². The standard InChI is InChI=1S/C33H38N4O7S2/c1-22-21-45-31(35-22)20-37(2)33(40)26-15-25(16-28(17-26)44-46(4,41)42)32(39)36-29(14-23-9-6-5-7-10-23)30(38)19-34-18-24-11-8-12-27(13-24)43-3/h5-13,15-17,21,29-30,34,38H,14,18-20H2,1-4H3,(H,36,39)/t29-,30+/m0/s1. The van der Waals surface area contributed by atoms with Gasteiger partial charge in [0.1, 0.15) is 16.5 Å². The van der Waals surface area contributed by atoms with E-state index in [2.05, 4.69) is 15.6 Å². The van der Waals surface area contributed by atoms with Gasteiger partial charge in [-0.05, 0) is 54.8 Å². The van der Waals surface area contributed by atoms with Crippen molar-refractivity contribution in [2.45, 2.75) is 38.6 Å². The van der Waals surface area contributed by atoms with Crippen molar-refractivity contribution in [3.8, 4) is 11.5 Å². The number of rotatable bonds is 15. The first-order valence-corrected chi connectivity index (χ1v) is 17.2. The third-order valence-electron chi connectivity index (χ3n) is 6.95. The highest BCUT2D eigenvalue weighted by molar-refractivity contribution is 7.86. The number of aryl methyl sites for hydroxylation is 1. The molecule has 0 saturated carbocycles. The van der Waals surface area contributed by atoms with Gasteiger partial charge in [0.25, 0.3) is 11.8 Å². The van der Waals surface area contributed by atoms with Gasteiger partial charge in [-0.3, -0.25) is 9.59 Å². The van der Waals surface area contributed by atoms with Gasteiger partial charge in [0.15, 0.2) is 0 Å². The van der Waals surface area contributed by atoms with Crippen LogP contribution in [0.4, 0.5) is 0 Å². The smallest absolute Gasteiger partial charge is 0.306 e. The van der Waals surface area contributed by atoms with Crippen LogP contribution in [0.2, 0.25) is 0 Å². The normalized spacial score (nSPS) is 12.6. The molecule has 244 valence electrons. The van der Waals surface area contributed by atoms with Crippen molar-refractivity contribution >= 4 is 33.3 Å². The molecule has 0 spiro atoms. The number of nitrogens with zero attached hydrogens (tertiary/aromatic N) is 2. The minimum absolute atomic E-state index is 0.00223. The molecule has 4 aromatic rings. The summed E-state index contributed by atoms with van der Waals surface area (Å²) >= 11 is 1.42. The van der Waals surface area contributed by atoms with Crippen LogP contribution in [0.5, 0.6) is 11.5 Å². The molecule has 0 saturated heterocycles. The summed E-state index contributed by atoms with van der Waals surface area (Å²) in [5.41, 5.74) is 2.75. The van der Waals surface area contributed by atoms with Crippen LogP contribution >= 0.6 is 11.3 Å². The lowest BCUT2D eigenvalue weighted by molar-refractivity contribution is 0.0784. The molecule has 0 aliphatic heterocycles. The van der Waals surface area contributed by atoms with E-state index in [-0.39, 0.29) is 30.0 Å².